The Morgan fingerprint density at radius 2 is 1.74 bits per heavy atom. The molecule has 0 spiro atoms. The summed E-state index contributed by atoms with van der Waals surface area (Å²) in [6.45, 7) is 8.34. The van der Waals surface area contributed by atoms with Crippen LogP contribution >= 0.6 is 0 Å². The van der Waals surface area contributed by atoms with Crippen LogP contribution in [-0.4, -0.2) is 68.8 Å². The number of hydrogen-bond donors (Lipinski definition) is 1. The number of methoxy groups -OCH3 is 2. The number of likely N-dealkylation sites (N-methyl/N-ethyl adjacent to an activating group) is 1. The summed E-state index contributed by atoms with van der Waals surface area (Å²) < 4.78 is 10.9. The maximum absolute atomic E-state index is 5.52. The third kappa shape index (κ3) is 4.96. The van der Waals surface area contributed by atoms with Crippen molar-refractivity contribution in [1.29, 1.82) is 0 Å². The smallest absolute Gasteiger partial charge is 0.161 e. The molecule has 1 aliphatic carbocycles. The molecule has 2 fully saturated rings. The van der Waals surface area contributed by atoms with Gasteiger partial charge in [-0.2, -0.15) is 0 Å². The van der Waals surface area contributed by atoms with Crippen LogP contribution in [0.4, 0.5) is 0 Å². The molecule has 0 radical (unpaired) electrons. The molecule has 2 heterocycles. The molecule has 2 aliphatic rings. The first-order chi connectivity index (χ1) is 16.6. The Bertz CT molecular complexity index is 1130. The lowest BCUT2D eigenvalue weighted by molar-refractivity contribution is 0.183. The maximum atomic E-state index is 5.52. The van der Waals surface area contributed by atoms with Gasteiger partial charge in [-0.3, -0.25) is 0 Å². The summed E-state index contributed by atoms with van der Waals surface area (Å²) >= 11 is 0. The van der Waals surface area contributed by atoms with Gasteiger partial charge in [0, 0.05) is 41.8 Å². The SMILES string of the molecule is COc1ccc(-c2[nH]c3ccc(C4CCN(CCN(C)CC5CC5)CC4)cc3c2C)cc1OC. The molecule has 0 amide bonds. The molecular weight excluding hydrogens is 422 g/mol. The summed E-state index contributed by atoms with van der Waals surface area (Å²) in [7, 11) is 5.64. The van der Waals surface area contributed by atoms with Gasteiger partial charge >= 0.3 is 0 Å². The predicted octanol–water partition coefficient (Wildman–Crippen LogP) is 5.68. The van der Waals surface area contributed by atoms with Gasteiger partial charge in [0.15, 0.2) is 11.5 Å². The summed E-state index contributed by atoms with van der Waals surface area (Å²) in [5, 5.41) is 1.33. The molecule has 1 aromatic heterocycles. The van der Waals surface area contributed by atoms with E-state index in [1.807, 2.05) is 6.07 Å². The number of ether oxygens (including phenoxy) is 2. The minimum Gasteiger partial charge on any atom is -0.493 e. The standard InChI is InChI=1S/C29H39N3O2/c1-20-25-17-23(22-11-13-32(14-12-22)16-15-31(2)19-21-5-6-21)7-9-26(25)30-29(20)24-8-10-27(33-3)28(18-24)34-4/h7-10,17-18,21-22,30H,5-6,11-16,19H2,1-4H3. The Morgan fingerprint density at radius 3 is 2.44 bits per heavy atom. The van der Waals surface area contributed by atoms with E-state index in [-0.39, 0.29) is 0 Å². The largest absolute Gasteiger partial charge is 0.493 e. The highest BCUT2D eigenvalue weighted by atomic mass is 16.5. The van der Waals surface area contributed by atoms with Crippen LogP contribution in [-0.2, 0) is 0 Å². The van der Waals surface area contributed by atoms with Crippen molar-refractivity contribution >= 4 is 10.9 Å². The highest BCUT2D eigenvalue weighted by Gasteiger charge is 2.24. The molecule has 1 aliphatic heterocycles. The highest BCUT2D eigenvalue weighted by Crippen LogP contribution is 2.37. The van der Waals surface area contributed by atoms with Gasteiger partial charge in [0.1, 0.15) is 0 Å². The van der Waals surface area contributed by atoms with Crippen molar-refractivity contribution in [3.05, 3.63) is 47.5 Å². The number of aromatic nitrogens is 1. The average Bonchev–Trinajstić information content (AvgIpc) is 3.63. The molecule has 5 heteroatoms. The minimum absolute atomic E-state index is 0.656. The Hall–Kier alpha value is -2.50. The van der Waals surface area contributed by atoms with Gasteiger partial charge in [-0.05, 0) is 106 Å². The van der Waals surface area contributed by atoms with E-state index in [2.05, 4.69) is 59.1 Å². The van der Waals surface area contributed by atoms with Crippen LogP contribution in [0.3, 0.4) is 0 Å². The number of nitrogens with one attached hydrogen (secondary N) is 1. The van der Waals surface area contributed by atoms with Gasteiger partial charge < -0.3 is 24.3 Å². The lowest BCUT2D eigenvalue weighted by Crippen LogP contribution is -2.38. The number of piperidine rings is 1. The van der Waals surface area contributed by atoms with E-state index in [4.69, 9.17) is 9.47 Å². The zero-order chi connectivity index (χ0) is 23.7. The first-order valence-corrected chi connectivity index (χ1v) is 12.8. The molecule has 5 nitrogen and oxygen atoms in total. The van der Waals surface area contributed by atoms with Gasteiger partial charge in [0.2, 0.25) is 0 Å². The quantitative estimate of drug-likeness (QED) is 0.445. The van der Waals surface area contributed by atoms with Crippen molar-refractivity contribution < 1.29 is 9.47 Å². The molecule has 1 saturated heterocycles. The molecule has 182 valence electrons. The third-order valence-corrected chi connectivity index (χ3v) is 7.88. The molecule has 0 bridgehead atoms. The second-order valence-corrected chi connectivity index (χ2v) is 10.3. The molecule has 34 heavy (non-hydrogen) atoms. The van der Waals surface area contributed by atoms with Gasteiger partial charge in [-0.15, -0.1) is 0 Å². The molecular formula is C29H39N3O2. The number of fused-ring (bicyclic) bond motifs is 1. The maximum Gasteiger partial charge on any atom is 0.161 e. The van der Waals surface area contributed by atoms with Crippen LogP contribution in [0.2, 0.25) is 0 Å². The van der Waals surface area contributed by atoms with Crippen molar-refractivity contribution in [3.8, 4) is 22.8 Å². The van der Waals surface area contributed by atoms with Crippen molar-refractivity contribution in [2.24, 2.45) is 5.92 Å². The lowest BCUT2D eigenvalue weighted by atomic mass is 9.88. The number of hydrogen-bond acceptors (Lipinski definition) is 4. The Kier molecular flexibility index (Phi) is 6.84. The summed E-state index contributed by atoms with van der Waals surface area (Å²) in [5.74, 6) is 3.14. The van der Waals surface area contributed by atoms with E-state index in [0.29, 0.717) is 5.92 Å². The second kappa shape index (κ2) is 10.0. The summed E-state index contributed by atoms with van der Waals surface area (Å²) in [6, 6.07) is 13.1. The lowest BCUT2D eigenvalue weighted by Gasteiger charge is -2.33. The first-order valence-electron chi connectivity index (χ1n) is 12.8. The van der Waals surface area contributed by atoms with Crippen LogP contribution in [0.1, 0.15) is 42.7 Å². The van der Waals surface area contributed by atoms with Crippen LogP contribution in [0.15, 0.2) is 36.4 Å². The van der Waals surface area contributed by atoms with Gasteiger partial charge in [0.05, 0.1) is 14.2 Å². The monoisotopic (exact) mass is 461 g/mol. The van der Waals surface area contributed by atoms with Crippen molar-refractivity contribution in [2.45, 2.75) is 38.5 Å². The van der Waals surface area contributed by atoms with E-state index >= 15 is 0 Å². The van der Waals surface area contributed by atoms with Crippen LogP contribution in [0, 0.1) is 12.8 Å². The fraction of sp³-hybridized carbons (Fsp3) is 0.517. The Labute approximate surface area is 204 Å². The van der Waals surface area contributed by atoms with Crippen molar-refractivity contribution in [1.82, 2.24) is 14.8 Å². The van der Waals surface area contributed by atoms with Gasteiger partial charge in [0.25, 0.3) is 0 Å². The number of rotatable bonds is 9. The predicted molar refractivity (Wildman–Crippen MR) is 140 cm³/mol. The third-order valence-electron chi connectivity index (χ3n) is 7.88. The highest BCUT2D eigenvalue weighted by molar-refractivity contribution is 5.91. The molecule has 3 aromatic rings. The number of aromatic amines is 1. The molecule has 0 atom stereocenters. The van der Waals surface area contributed by atoms with Crippen LogP contribution in [0.5, 0.6) is 11.5 Å². The minimum atomic E-state index is 0.656. The average molecular weight is 462 g/mol. The number of nitrogens with zero attached hydrogens (tertiary/aromatic N) is 2. The van der Waals surface area contributed by atoms with Gasteiger partial charge in [-0.25, -0.2) is 0 Å². The molecule has 0 unspecified atom stereocenters. The summed E-state index contributed by atoms with van der Waals surface area (Å²) in [6.07, 6.45) is 5.39. The number of likely N-dealkylation sites (tertiary alicyclic amines) is 1. The Morgan fingerprint density at radius 1 is 0.971 bits per heavy atom. The summed E-state index contributed by atoms with van der Waals surface area (Å²) in [5.41, 5.74) is 6.24. The fourth-order valence-electron chi connectivity index (χ4n) is 5.51. The van der Waals surface area contributed by atoms with Crippen molar-refractivity contribution in [3.63, 3.8) is 0 Å². The summed E-state index contributed by atoms with van der Waals surface area (Å²) in [4.78, 5) is 8.83. The number of benzene rings is 2. The zero-order valence-electron chi connectivity index (χ0n) is 21.2. The molecule has 1 saturated carbocycles. The molecule has 5 rings (SSSR count). The van der Waals surface area contributed by atoms with E-state index in [9.17, 15) is 0 Å². The van der Waals surface area contributed by atoms with E-state index in [1.54, 1.807) is 14.2 Å². The number of H-pyrrole nitrogens is 1. The second-order valence-electron chi connectivity index (χ2n) is 10.3. The van der Waals surface area contributed by atoms with E-state index in [1.165, 1.54) is 80.4 Å². The fourth-order valence-corrected chi connectivity index (χ4v) is 5.51. The number of aryl methyl sites for hydroxylation is 1. The zero-order valence-corrected chi connectivity index (χ0v) is 21.2. The topological polar surface area (TPSA) is 40.7 Å². The normalized spacial score (nSPS) is 17.6. The Balaban J connectivity index is 1.26. The van der Waals surface area contributed by atoms with E-state index < -0.39 is 0 Å². The van der Waals surface area contributed by atoms with Crippen LogP contribution in [0.25, 0.3) is 22.2 Å². The first kappa shape index (κ1) is 23.3. The van der Waals surface area contributed by atoms with Gasteiger partial charge in [-0.1, -0.05) is 6.07 Å². The van der Waals surface area contributed by atoms with Crippen LogP contribution < -0.4 is 9.47 Å². The molecule has 1 N–H and O–H groups in total. The van der Waals surface area contributed by atoms with E-state index in [0.717, 1.165) is 28.7 Å². The molecule has 2 aromatic carbocycles. The van der Waals surface area contributed by atoms with Crippen molar-refractivity contribution in [2.75, 3.05) is 54.0 Å².